The number of benzene rings is 1. The van der Waals surface area contributed by atoms with Gasteiger partial charge in [-0.15, -0.1) is 0 Å². The number of hydrogen-bond acceptors (Lipinski definition) is 1. The van der Waals surface area contributed by atoms with Gasteiger partial charge in [-0.25, -0.2) is 0 Å². The van der Waals surface area contributed by atoms with Gasteiger partial charge in [0.2, 0.25) is 5.91 Å². The van der Waals surface area contributed by atoms with E-state index in [2.05, 4.69) is 54.2 Å². The van der Waals surface area contributed by atoms with Crippen molar-refractivity contribution in [2.75, 3.05) is 5.32 Å². The minimum absolute atomic E-state index is 0.132. The van der Waals surface area contributed by atoms with Crippen LogP contribution in [0.15, 0.2) is 18.2 Å². The summed E-state index contributed by atoms with van der Waals surface area (Å²) >= 11 is 3.78. The van der Waals surface area contributed by atoms with E-state index in [0.717, 1.165) is 18.5 Å². The van der Waals surface area contributed by atoms with Crippen molar-refractivity contribution in [3.8, 4) is 0 Å². The lowest BCUT2D eigenvalue weighted by Crippen LogP contribution is -2.13. The molecule has 2 rings (SSSR count). The van der Waals surface area contributed by atoms with Crippen molar-refractivity contribution < 1.29 is 4.79 Å². The number of rotatable bonds is 1. The standard InChI is InChI=1S/C15H20BrNO/c1-15(2,3)14(16)11-7-8-12-10(9-11)5-4-6-13(18)17-12/h7-9,14H,4-6H2,1-3H3,(H,17,18). The van der Waals surface area contributed by atoms with E-state index in [4.69, 9.17) is 0 Å². The van der Waals surface area contributed by atoms with Gasteiger partial charge in [-0.3, -0.25) is 4.79 Å². The number of amides is 1. The molecule has 0 fully saturated rings. The fraction of sp³-hybridized carbons (Fsp3) is 0.533. The number of halogens is 1. The van der Waals surface area contributed by atoms with Crippen LogP contribution in [0.5, 0.6) is 0 Å². The molecule has 1 aromatic rings. The number of fused-ring (bicyclic) bond motifs is 1. The highest BCUT2D eigenvalue weighted by atomic mass is 79.9. The molecule has 1 aromatic carbocycles. The molecule has 18 heavy (non-hydrogen) atoms. The summed E-state index contributed by atoms with van der Waals surface area (Å²) in [6, 6.07) is 6.37. The maximum absolute atomic E-state index is 11.5. The Bertz CT molecular complexity index is 462. The number of nitrogens with one attached hydrogen (secondary N) is 1. The van der Waals surface area contributed by atoms with Crippen LogP contribution in [0.4, 0.5) is 5.69 Å². The van der Waals surface area contributed by atoms with Crippen LogP contribution in [0.2, 0.25) is 0 Å². The van der Waals surface area contributed by atoms with Crippen LogP contribution in [0.3, 0.4) is 0 Å². The zero-order chi connectivity index (χ0) is 13.3. The molecule has 0 saturated heterocycles. The van der Waals surface area contributed by atoms with Gasteiger partial charge in [0.05, 0.1) is 0 Å². The average molecular weight is 310 g/mol. The second-order valence-corrected chi connectivity index (χ2v) is 6.96. The first-order valence-electron chi connectivity index (χ1n) is 6.44. The van der Waals surface area contributed by atoms with Crippen molar-refractivity contribution in [2.45, 2.75) is 44.9 Å². The van der Waals surface area contributed by atoms with Gasteiger partial charge in [0.1, 0.15) is 0 Å². The molecule has 1 amide bonds. The lowest BCUT2D eigenvalue weighted by molar-refractivity contribution is -0.116. The number of carbonyl (C=O) groups is 1. The molecule has 98 valence electrons. The summed E-state index contributed by atoms with van der Waals surface area (Å²) < 4.78 is 0. The van der Waals surface area contributed by atoms with Crippen LogP contribution in [-0.4, -0.2) is 5.91 Å². The Labute approximate surface area is 117 Å². The second-order valence-electron chi connectivity index (χ2n) is 6.05. The van der Waals surface area contributed by atoms with Crippen molar-refractivity contribution in [3.05, 3.63) is 29.3 Å². The van der Waals surface area contributed by atoms with Crippen molar-refractivity contribution in [1.29, 1.82) is 0 Å². The first-order valence-corrected chi connectivity index (χ1v) is 7.36. The molecule has 0 radical (unpaired) electrons. The molecule has 1 heterocycles. The number of alkyl halides is 1. The molecule has 1 unspecified atom stereocenters. The Kier molecular flexibility index (Phi) is 3.81. The molecule has 0 spiro atoms. The fourth-order valence-corrected chi connectivity index (χ4v) is 2.54. The van der Waals surface area contributed by atoms with Gasteiger partial charge >= 0.3 is 0 Å². The maximum Gasteiger partial charge on any atom is 0.224 e. The molecule has 0 aromatic heterocycles. The fourth-order valence-electron chi connectivity index (χ4n) is 2.25. The highest BCUT2D eigenvalue weighted by Crippen LogP contribution is 2.41. The van der Waals surface area contributed by atoms with Crippen LogP contribution in [0.1, 0.15) is 49.6 Å². The lowest BCUT2D eigenvalue weighted by atomic mass is 9.87. The molecule has 1 aliphatic rings. The summed E-state index contributed by atoms with van der Waals surface area (Å²) in [6.45, 7) is 6.67. The third kappa shape index (κ3) is 2.94. The van der Waals surface area contributed by atoms with E-state index in [9.17, 15) is 4.79 Å². The van der Waals surface area contributed by atoms with E-state index in [-0.39, 0.29) is 11.3 Å². The molecule has 1 atom stereocenters. The Morgan fingerprint density at radius 3 is 2.67 bits per heavy atom. The highest BCUT2D eigenvalue weighted by Gasteiger charge is 2.24. The van der Waals surface area contributed by atoms with Crippen molar-refractivity contribution >= 4 is 27.5 Å². The van der Waals surface area contributed by atoms with Crippen LogP contribution >= 0.6 is 15.9 Å². The molecule has 2 nitrogen and oxygen atoms in total. The smallest absolute Gasteiger partial charge is 0.224 e. The van der Waals surface area contributed by atoms with E-state index < -0.39 is 0 Å². The predicted molar refractivity (Wildman–Crippen MR) is 79.1 cm³/mol. The molecule has 1 N–H and O–H groups in total. The normalized spacial score (nSPS) is 17.7. The quantitative estimate of drug-likeness (QED) is 0.763. The predicted octanol–water partition coefficient (Wildman–Crippen LogP) is 4.44. The van der Waals surface area contributed by atoms with E-state index in [1.54, 1.807) is 0 Å². The monoisotopic (exact) mass is 309 g/mol. The topological polar surface area (TPSA) is 29.1 Å². The summed E-state index contributed by atoms with van der Waals surface area (Å²) in [5.41, 5.74) is 3.71. The van der Waals surface area contributed by atoms with Crippen molar-refractivity contribution in [3.63, 3.8) is 0 Å². The maximum atomic E-state index is 11.5. The van der Waals surface area contributed by atoms with E-state index in [1.807, 2.05) is 6.07 Å². The Hall–Kier alpha value is -0.830. The molecular formula is C15H20BrNO. The molecule has 0 bridgehead atoms. The highest BCUT2D eigenvalue weighted by molar-refractivity contribution is 9.09. The zero-order valence-electron chi connectivity index (χ0n) is 11.2. The van der Waals surface area contributed by atoms with Gasteiger partial charge in [-0.05, 0) is 35.4 Å². The Balaban J connectivity index is 2.32. The van der Waals surface area contributed by atoms with Gasteiger partial charge in [-0.1, -0.05) is 48.8 Å². The lowest BCUT2D eigenvalue weighted by Gasteiger charge is -2.26. The van der Waals surface area contributed by atoms with E-state index in [1.165, 1.54) is 11.1 Å². The largest absolute Gasteiger partial charge is 0.326 e. The van der Waals surface area contributed by atoms with Gasteiger partial charge in [0.15, 0.2) is 0 Å². The molecule has 3 heteroatoms. The number of carbonyl (C=O) groups excluding carboxylic acids is 1. The number of hydrogen-bond donors (Lipinski definition) is 1. The van der Waals surface area contributed by atoms with Gasteiger partial charge in [0, 0.05) is 16.9 Å². The second kappa shape index (κ2) is 5.04. The summed E-state index contributed by atoms with van der Waals surface area (Å²) in [6.07, 6.45) is 2.54. The van der Waals surface area contributed by atoms with Crippen LogP contribution in [0.25, 0.3) is 0 Å². The summed E-state index contributed by atoms with van der Waals surface area (Å²) in [5.74, 6) is 0.132. The van der Waals surface area contributed by atoms with Gasteiger partial charge in [0.25, 0.3) is 0 Å². The Morgan fingerprint density at radius 2 is 2.00 bits per heavy atom. The van der Waals surface area contributed by atoms with Crippen molar-refractivity contribution in [1.82, 2.24) is 0 Å². The first-order chi connectivity index (χ1) is 8.38. The third-order valence-electron chi connectivity index (χ3n) is 3.31. The zero-order valence-corrected chi connectivity index (χ0v) is 12.8. The SMILES string of the molecule is CC(C)(C)C(Br)c1ccc2c(c1)CCCC(=O)N2. The average Bonchev–Trinajstić information content (AvgIpc) is 2.46. The third-order valence-corrected chi connectivity index (χ3v) is 5.21. The minimum Gasteiger partial charge on any atom is -0.326 e. The van der Waals surface area contributed by atoms with Crippen molar-refractivity contribution in [2.24, 2.45) is 5.41 Å². The number of aryl methyl sites for hydroxylation is 1. The molecule has 0 saturated carbocycles. The van der Waals surface area contributed by atoms with E-state index in [0.29, 0.717) is 11.2 Å². The number of anilines is 1. The van der Waals surface area contributed by atoms with Crippen LogP contribution < -0.4 is 5.32 Å². The van der Waals surface area contributed by atoms with Gasteiger partial charge in [-0.2, -0.15) is 0 Å². The van der Waals surface area contributed by atoms with E-state index >= 15 is 0 Å². The molecule has 1 aliphatic heterocycles. The summed E-state index contributed by atoms with van der Waals surface area (Å²) in [4.78, 5) is 11.8. The Morgan fingerprint density at radius 1 is 1.28 bits per heavy atom. The summed E-state index contributed by atoms with van der Waals surface area (Å²) in [5, 5.41) is 2.97. The minimum atomic E-state index is 0.132. The molecular weight excluding hydrogens is 290 g/mol. The first kappa shape index (κ1) is 13.6. The van der Waals surface area contributed by atoms with Crippen LogP contribution in [-0.2, 0) is 11.2 Å². The summed E-state index contributed by atoms with van der Waals surface area (Å²) in [7, 11) is 0. The van der Waals surface area contributed by atoms with Crippen LogP contribution in [0, 0.1) is 5.41 Å². The molecule has 0 aliphatic carbocycles. The van der Waals surface area contributed by atoms with Gasteiger partial charge < -0.3 is 5.32 Å².